The Morgan fingerprint density at radius 2 is 1.91 bits per heavy atom. The number of esters is 2. The molecule has 33 heavy (non-hydrogen) atoms. The van der Waals surface area contributed by atoms with E-state index in [0.29, 0.717) is 6.42 Å². The topological polar surface area (TPSA) is 140 Å². The van der Waals surface area contributed by atoms with Crippen LogP contribution in [0.5, 0.6) is 0 Å². The standard InChI is InChI=1S/C23H36N2O8.H2/c1-8-12(4)17(24-21(30)33-22(5,6)7)18(27)25-23(20(29)32-10-3)11-13(26)14-15(16(14)23)19(28)31-9-2;/h9,12-17,26H,2,8,10-11H2,1,3-7H3,(H,24,30)(H,25,27);1H/t12-,13-,14-,15-,16-,17?,23+;/m0./s1. The summed E-state index contributed by atoms with van der Waals surface area (Å²) in [6.07, 6.45) is -0.343. The second-order valence-corrected chi connectivity index (χ2v) is 9.69. The van der Waals surface area contributed by atoms with Gasteiger partial charge in [0.05, 0.1) is 24.9 Å². The second kappa shape index (κ2) is 10.1. The Morgan fingerprint density at radius 3 is 2.42 bits per heavy atom. The third-order valence-electron chi connectivity index (χ3n) is 6.25. The Morgan fingerprint density at radius 1 is 1.27 bits per heavy atom. The Balaban J connectivity index is 0.00000578. The molecule has 2 aliphatic carbocycles. The highest BCUT2D eigenvalue weighted by Gasteiger charge is 2.76. The van der Waals surface area contributed by atoms with E-state index in [-0.39, 0.29) is 20.4 Å². The van der Waals surface area contributed by atoms with Crippen LogP contribution >= 0.6 is 0 Å². The minimum absolute atomic E-state index is 0. The van der Waals surface area contributed by atoms with Crippen molar-refractivity contribution in [1.29, 1.82) is 0 Å². The number of rotatable bonds is 9. The van der Waals surface area contributed by atoms with E-state index >= 15 is 0 Å². The molecule has 2 saturated carbocycles. The largest absolute Gasteiger partial charge is 0.464 e. The van der Waals surface area contributed by atoms with Crippen LogP contribution in [0.4, 0.5) is 4.79 Å². The van der Waals surface area contributed by atoms with Crippen LogP contribution in [0.1, 0.15) is 55.8 Å². The van der Waals surface area contributed by atoms with Gasteiger partial charge in [-0.25, -0.2) is 9.59 Å². The molecule has 2 fully saturated rings. The molecule has 1 unspecified atom stereocenters. The van der Waals surface area contributed by atoms with Gasteiger partial charge in [0.2, 0.25) is 5.91 Å². The first-order valence-corrected chi connectivity index (χ1v) is 11.3. The monoisotopic (exact) mass is 470 g/mol. The zero-order valence-corrected chi connectivity index (χ0v) is 20.2. The van der Waals surface area contributed by atoms with Crippen LogP contribution in [0.25, 0.3) is 0 Å². The Hall–Kier alpha value is -2.62. The molecule has 188 valence electrons. The molecule has 0 bridgehead atoms. The summed E-state index contributed by atoms with van der Waals surface area (Å²) in [6.45, 7) is 13.8. The fraction of sp³-hybridized carbons (Fsp3) is 0.739. The highest BCUT2D eigenvalue weighted by Crippen LogP contribution is 2.63. The minimum Gasteiger partial charge on any atom is -0.464 e. The first kappa shape index (κ1) is 26.6. The molecule has 10 heteroatoms. The van der Waals surface area contributed by atoms with Gasteiger partial charge in [0.1, 0.15) is 17.2 Å². The average Bonchev–Trinajstić information content (AvgIpc) is 3.40. The first-order valence-electron chi connectivity index (χ1n) is 11.3. The number of aliphatic hydroxyl groups is 1. The molecule has 2 rings (SSSR count). The van der Waals surface area contributed by atoms with E-state index in [1.165, 1.54) is 0 Å². The lowest BCUT2D eigenvalue weighted by Gasteiger charge is -2.34. The predicted octanol–water partition coefficient (Wildman–Crippen LogP) is 1.90. The predicted molar refractivity (Wildman–Crippen MR) is 120 cm³/mol. The number of carbonyl (C=O) groups excluding carboxylic acids is 4. The number of hydrogen-bond acceptors (Lipinski definition) is 8. The first-order chi connectivity index (χ1) is 15.3. The van der Waals surface area contributed by atoms with Crippen LogP contribution in [-0.2, 0) is 28.6 Å². The van der Waals surface area contributed by atoms with Crippen molar-refractivity contribution < 1.29 is 39.9 Å². The summed E-state index contributed by atoms with van der Waals surface area (Å²) in [5.74, 6) is -4.31. The molecule has 0 aliphatic heterocycles. The number of carbonyl (C=O) groups is 4. The molecule has 0 aromatic heterocycles. The molecule has 0 aromatic carbocycles. The van der Waals surface area contributed by atoms with Gasteiger partial charge in [-0.15, -0.1) is 0 Å². The van der Waals surface area contributed by atoms with Crippen molar-refractivity contribution in [3.05, 3.63) is 12.8 Å². The SMILES string of the molecule is C=COC(=O)[C@H]1[C@H]2[C@@H]1[C@@](NC(=O)C(NC(=O)OC(C)(C)C)[C@@H](C)CC)(C(=O)OCC)C[C@@H]2O.[HH]. The average molecular weight is 471 g/mol. The van der Waals surface area contributed by atoms with E-state index < -0.39 is 65.0 Å². The molecule has 2 amide bonds. The fourth-order valence-electron chi connectivity index (χ4n) is 4.61. The van der Waals surface area contributed by atoms with E-state index in [4.69, 9.17) is 14.2 Å². The third kappa shape index (κ3) is 5.66. The van der Waals surface area contributed by atoms with Gasteiger partial charge in [0, 0.05) is 19.7 Å². The zero-order valence-electron chi connectivity index (χ0n) is 20.2. The number of alkyl carbamates (subject to hydrolysis) is 1. The lowest BCUT2D eigenvalue weighted by Crippen LogP contribution is -2.62. The molecule has 10 nitrogen and oxygen atoms in total. The van der Waals surface area contributed by atoms with Crippen molar-refractivity contribution >= 4 is 23.9 Å². The normalized spacial score (nSPS) is 29.7. The summed E-state index contributed by atoms with van der Waals surface area (Å²) >= 11 is 0. The van der Waals surface area contributed by atoms with Crippen LogP contribution in [0.3, 0.4) is 0 Å². The number of ether oxygens (including phenoxy) is 3. The van der Waals surface area contributed by atoms with Crippen LogP contribution < -0.4 is 10.6 Å². The van der Waals surface area contributed by atoms with Crippen molar-refractivity contribution in [3.63, 3.8) is 0 Å². The van der Waals surface area contributed by atoms with E-state index in [1.54, 1.807) is 34.6 Å². The van der Waals surface area contributed by atoms with Gasteiger partial charge in [0.25, 0.3) is 0 Å². The Bertz CT molecular complexity index is 798. The van der Waals surface area contributed by atoms with Crippen LogP contribution in [-0.4, -0.2) is 58.9 Å². The second-order valence-electron chi connectivity index (χ2n) is 9.69. The summed E-state index contributed by atoms with van der Waals surface area (Å²) in [6, 6.07) is -1.01. The van der Waals surface area contributed by atoms with Gasteiger partial charge >= 0.3 is 18.0 Å². The van der Waals surface area contributed by atoms with Crippen LogP contribution in [0.2, 0.25) is 0 Å². The lowest BCUT2D eigenvalue weighted by atomic mass is 9.88. The van der Waals surface area contributed by atoms with Gasteiger partial charge in [0.15, 0.2) is 0 Å². The van der Waals surface area contributed by atoms with E-state index in [2.05, 4.69) is 17.2 Å². The van der Waals surface area contributed by atoms with Gasteiger partial charge in [-0.1, -0.05) is 26.8 Å². The molecule has 7 atom stereocenters. The number of fused-ring (bicyclic) bond motifs is 1. The zero-order chi connectivity index (χ0) is 25.1. The maximum Gasteiger partial charge on any atom is 0.408 e. The minimum atomic E-state index is -1.62. The highest BCUT2D eigenvalue weighted by atomic mass is 16.6. The molecular weight excluding hydrogens is 432 g/mol. The van der Waals surface area contributed by atoms with Crippen molar-refractivity contribution in [1.82, 2.24) is 10.6 Å². The summed E-state index contributed by atoms with van der Waals surface area (Å²) < 4.78 is 15.4. The summed E-state index contributed by atoms with van der Waals surface area (Å²) in [5, 5.41) is 15.9. The number of hydrogen-bond donors (Lipinski definition) is 3. The molecule has 0 radical (unpaired) electrons. The quantitative estimate of drug-likeness (QED) is 0.264. The molecule has 3 N–H and O–H groups in total. The van der Waals surface area contributed by atoms with Gasteiger partial charge in [-0.3, -0.25) is 9.59 Å². The van der Waals surface area contributed by atoms with Gasteiger partial charge in [-0.05, 0) is 33.6 Å². The molecule has 2 aliphatic rings. The molecule has 0 aromatic rings. The Kier molecular flexibility index (Phi) is 8.16. The van der Waals surface area contributed by atoms with Gasteiger partial charge in [-0.2, -0.15) is 0 Å². The number of amides is 2. The van der Waals surface area contributed by atoms with Crippen molar-refractivity contribution in [3.8, 4) is 0 Å². The number of nitrogens with one attached hydrogen (secondary N) is 2. The van der Waals surface area contributed by atoms with Crippen molar-refractivity contribution in [2.24, 2.45) is 23.7 Å². The molecule has 0 spiro atoms. The molecular formula is C23H38N2O8. The highest BCUT2D eigenvalue weighted by molar-refractivity contribution is 5.94. The van der Waals surface area contributed by atoms with Crippen molar-refractivity contribution in [2.75, 3.05) is 6.61 Å². The molecule has 0 heterocycles. The maximum atomic E-state index is 13.4. The van der Waals surface area contributed by atoms with Crippen molar-refractivity contribution in [2.45, 2.75) is 77.7 Å². The van der Waals surface area contributed by atoms with E-state index in [0.717, 1.165) is 6.26 Å². The Labute approximate surface area is 195 Å². The van der Waals surface area contributed by atoms with E-state index in [1.807, 2.05) is 6.92 Å². The third-order valence-corrected chi connectivity index (χ3v) is 6.25. The number of aliphatic hydroxyl groups excluding tert-OH is 1. The maximum absolute atomic E-state index is 13.4. The smallest absolute Gasteiger partial charge is 0.408 e. The summed E-state index contributed by atoms with van der Waals surface area (Å²) in [7, 11) is 0. The summed E-state index contributed by atoms with van der Waals surface area (Å²) in [5.41, 5.74) is -2.38. The molecule has 0 saturated heterocycles. The fourth-order valence-corrected chi connectivity index (χ4v) is 4.61. The summed E-state index contributed by atoms with van der Waals surface area (Å²) in [4.78, 5) is 51.1. The lowest BCUT2D eigenvalue weighted by molar-refractivity contribution is -0.156. The van der Waals surface area contributed by atoms with Crippen LogP contribution in [0.15, 0.2) is 12.8 Å². The van der Waals surface area contributed by atoms with E-state index in [9.17, 15) is 24.3 Å². The van der Waals surface area contributed by atoms with Crippen LogP contribution in [0, 0.1) is 23.7 Å². The van der Waals surface area contributed by atoms with Gasteiger partial charge < -0.3 is 30.0 Å².